The number of nitriles is 1. The maximum atomic E-state index is 12.7. The lowest BCUT2D eigenvalue weighted by Crippen LogP contribution is -2.43. The molecule has 19 heavy (non-hydrogen) atoms. The zero-order valence-electron chi connectivity index (χ0n) is 9.78. The van der Waals surface area contributed by atoms with Crippen LogP contribution in [0.2, 0.25) is 0 Å². The van der Waals surface area contributed by atoms with Crippen molar-refractivity contribution in [3.05, 3.63) is 29.3 Å². The van der Waals surface area contributed by atoms with Gasteiger partial charge in [-0.1, -0.05) is 6.07 Å². The van der Waals surface area contributed by atoms with Crippen LogP contribution in [-0.2, 0) is 6.18 Å². The smallest absolute Gasteiger partial charge is 0.417 e. The highest BCUT2D eigenvalue weighted by Gasteiger charge is 2.36. The van der Waals surface area contributed by atoms with Gasteiger partial charge in [0, 0.05) is 6.04 Å². The van der Waals surface area contributed by atoms with Crippen LogP contribution in [0.5, 0.6) is 5.75 Å². The van der Waals surface area contributed by atoms with Crippen LogP contribution in [0.1, 0.15) is 24.0 Å². The third-order valence-electron chi connectivity index (χ3n) is 2.87. The van der Waals surface area contributed by atoms with Crippen LogP contribution >= 0.6 is 12.4 Å². The van der Waals surface area contributed by atoms with Crippen LogP contribution in [-0.4, -0.2) is 12.1 Å². The molecule has 0 saturated heterocycles. The molecule has 1 aromatic rings. The Morgan fingerprint density at radius 2 is 1.95 bits per heavy atom. The molecule has 7 heteroatoms. The maximum Gasteiger partial charge on any atom is 0.417 e. The predicted molar refractivity (Wildman–Crippen MR) is 65.0 cm³/mol. The van der Waals surface area contributed by atoms with E-state index in [2.05, 4.69) is 0 Å². The van der Waals surface area contributed by atoms with E-state index in [1.54, 1.807) is 6.07 Å². The molecular formula is C12H12ClF3N2O. The lowest BCUT2D eigenvalue weighted by molar-refractivity contribution is -0.138. The topological polar surface area (TPSA) is 59.0 Å². The van der Waals surface area contributed by atoms with Crippen molar-refractivity contribution in [3.63, 3.8) is 0 Å². The number of ether oxygens (including phenoxy) is 1. The summed E-state index contributed by atoms with van der Waals surface area (Å²) >= 11 is 0. The fraction of sp³-hybridized carbons (Fsp3) is 0.417. The van der Waals surface area contributed by atoms with E-state index in [1.807, 2.05) is 0 Å². The monoisotopic (exact) mass is 292 g/mol. The van der Waals surface area contributed by atoms with Crippen molar-refractivity contribution >= 4 is 12.4 Å². The Morgan fingerprint density at radius 3 is 2.42 bits per heavy atom. The molecule has 2 rings (SSSR count). The molecule has 0 unspecified atom stereocenters. The molecule has 0 aromatic heterocycles. The molecule has 0 aliphatic heterocycles. The number of hydrogen-bond donors (Lipinski definition) is 1. The first-order valence-electron chi connectivity index (χ1n) is 5.44. The van der Waals surface area contributed by atoms with Gasteiger partial charge in [0.25, 0.3) is 0 Å². The van der Waals surface area contributed by atoms with E-state index in [4.69, 9.17) is 15.7 Å². The van der Waals surface area contributed by atoms with Gasteiger partial charge in [-0.15, -0.1) is 12.4 Å². The summed E-state index contributed by atoms with van der Waals surface area (Å²) < 4.78 is 43.4. The molecule has 1 aliphatic rings. The van der Waals surface area contributed by atoms with Crippen LogP contribution in [0.3, 0.4) is 0 Å². The molecule has 1 saturated carbocycles. The van der Waals surface area contributed by atoms with E-state index in [0.717, 1.165) is 6.07 Å². The minimum absolute atomic E-state index is 0. The van der Waals surface area contributed by atoms with Gasteiger partial charge < -0.3 is 10.5 Å². The summed E-state index contributed by atoms with van der Waals surface area (Å²) in [6.07, 6.45) is -3.56. The second-order valence-corrected chi connectivity index (χ2v) is 4.26. The number of hydrogen-bond acceptors (Lipinski definition) is 3. The molecule has 0 atom stereocenters. The Labute approximate surface area is 114 Å². The number of nitrogens with zero attached hydrogens (tertiary/aromatic N) is 1. The molecule has 0 radical (unpaired) electrons. The molecule has 104 valence electrons. The third kappa shape index (κ3) is 3.31. The van der Waals surface area contributed by atoms with Crippen molar-refractivity contribution in [2.24, 2.45) is 5.73 Å². The highest BCUT2D eigenvalue weighted by atomic mass is 35.5. The van der Waals surface area contributed by atoms with Crippen molar-refractivity contribution in [1.29, 1.82) is 5.26 Å². The summed E-state index contributed by atoms with van der Waals surface area (Å²) in [6, 6.07) is 5.07. The number of benzene rings is 1. The SMILES string of the molecule is Cl.N#Cc1c(OC2CC(N)C2)cccc1C(F)(F)F. The van der Waals surface area contributed by atoms with Gasteiger partial charge in [0.05, 0.1) is 5.56 Å². The Balaban J connectivity index is 0.00000180. The van der Waals surface area contributed by atoms with Crippen molar-refractivity contribution < 1.29 is 17.9 Å². The van der Waals surface area contributed by atoms with E-state index in [9.17, 15) is 13.2 Å². The van der Waals surface area contributed by atoms with Crippen LogP contribution in [0.25, 0.3) is 0 Å². The van der Waals surface area contributed by atoms with Crippen LogP contribution < -0.4 is 10.5 Å². The van der Waals surface area contributed by atoms with Crippen LogP contribution in [0, 0.1) is 11.3 Å². The Hall–Kier alpha value is -1.45. The third-order valence-corrected chi connectivity index (χ3v) is 2.87. The summed E-state index contributed by atoms with van der Waals surface area (Å²) in [4.78, 5) is 0. The second-order valence-electron chi connectivity index (χ2n) is 4.26. The lowest BCUT2D eigenvalue weighted by atomic mass is 9.90. The molecule has 2 N–H and O–H groups in total. The highest BCUT2D eigenvalue weighted by Crippen LogP contribution is 2.36. The van der Waals surface area contributed by atoms with Crippen LogP contribution in [0.15, 0.2) is 18.2 Å². The minimum atomic E-state index is -4.56. The second kappa shape index (κ2) is 5.68. The van der Waals surface area contributed by atoms with Gasteiger partial charge in [0.1, 0.15) is 23.5 Å². The molecule has 0 heterocycles. The molecule has 1 fully saturated rings. The number of alkyl halides is 3. The molecule has 0 bridgehead atoms. The zero-order valence-corrected chi connectivity index (χ0v) is 10.6. The Morgan fingerprint density at radius 1 is 1.32 bits per heavy atom. The molecule has 1 aliphatic carbocycles. The number of nitrogens with two attached hydrogens (primary N) is 1. The molecule has 0 amide bonds. The van der Waals surface area contributed by atoms with E-state index in [-0.39, 0.29) is 30.3 Å². The standard InChI is InChI=1S/C12H11F3N2O.ClH/c13-12(14,15)10-2-1-3-11(9(10)6-16)18-8-4-7(17)5-8;/h1-3,7-8H,4-5,17H2;1H. The van der Waals surface area contributed by atoms with E-state index < -0.39 is 17.3 Å². The maximum absolute atomic E-state index is 12.7. The molecule has 3 nitrogen and oxygen atoms in total. The van der Waals surface area contributed by atoms with Crippen molar-refractivity contribution in [2.45, 2.75) is 31.2 Å². The molecular weight excluding hydrogens is 281 g/mol. The normalized spacial score (nSPS) is 21.8. The number of halogens is 4. The van der Waals surface area contributed by atoms with E-state index in [1.165, 1.54) is 12.1 Å². The van der Waals surface area contributed by atoms with Crippen molar-refractivity contribution in [1.82, 2.24) is 0 Å². The average molecular weight is 293 g/mol. The Kier molecular flexibility index (Phi) is 4.66. The fourth-order valence-electron chi connectivity index (χ4n) is 1.86. The van der Waals surface area contributed by atoms with E-state index in [0.29, 0.717) is 12.8 Å². The quantitative estimate of drug-likeness (QED) is 0.912. The first-order valence-corrected chi connectivity index (χ1v) is 5.44. The van der Waals surface area contributed by atoms with Gasteiger partial charge >= 0.3 is 6.18 Å². The summed E-state index contributed by atoms with van der Waals surface area (Å²) in [5.74, 6) is -0.0239. The predicted octanol–water partition coefficient (Wildman–Crippen LogP) is 2.87. The van der Waals surface area contributed by atoms with Gasteiger partial charge in [0.15, 0.2) is 0 Å². The summed E-state index contributed by atoms with van der Waals surface area (Å²) in [5, 5.41) is 8.86. The van der Waals surface area contributed by atoms with Gasteiger partial charge in [0.2, 0.25) is 0 Å². The molecule has 1 aromatic carbocycles. The zero-order chi connectivity index (χ0) is 13.3. The Bertz CT molecular complexity index is 493. The number of rotatable bonds is 2. The van der Waals surface area contributed by atoms with Crippen molar-refractivity contribution in [3.8, 4) is 11.8 Å². The van der Waals surface area contributed by atoms with E-state index >= 15 is 0 Å². The lowest BCUT2D eigenvalue weighted by Gasteiger charge is -2.33. The highest BCUT2D eigenvalue weighted by molar-refractivity contribution is 5.85. The van der Waals surface area contributed by atoms with Crippen molar-refractivity contribution in [2.75, 3.05) is 0 Å². The molecule has 0 spiro atoms. The van der Waals surface area contributed by atoms with Gasteiger partial charge in [-0.3, -0.25) is 0 Å². The first kappa shape index (κ1) is 15.6. The fourth-order valence-corrected chi connectivity index (χ4v) is 1.86. The van der Waals surface area contributed by atoms with Gasteiger partial charge in [-0.25, -0.2) is 0 Å². The van der Waals surface area contributed by atoms with Gasteiger partial charge in [-0.05, 0) is 25.0 Å². The minimum Gasteiger partial charge on any atom is -0.489 e. The van der Waals surface area contributed by atoms with Gasteiger partial charge in [-0.2, -0.15) is 18.4 Å². The summed E-state index contributed by atoms with van der Waals surface area (Å²) in [5.41, 5.74) is 4.13. The first-order chi connectivity index (χ1) is 8.41. The largest absolute Gasteiger partial charge is 0.489 e. The van der Waals surface area contributed by atoms with Crippen LogP contribution in [0.4, 0.5) is 13.2 Å². The summed E-state index contributed by atoms with van der Waals surface area (Å²) in [7, 11) is 0. The average Bonchev–Trinajstić information content (AvgIpc) is 2.25. The summed E-state index contributed by atoms with van der Waals surface area (Å²) in [6.45, 7) is 0.